The fourth-order valence-corrected chi connectivity index (χ4v) is 2.82. The van der Waals surface area contributed by atoms with Gasteiger partial charge < -0.3 is 15.4 Å². The summed E-state index contributed by atoms with van der Waals surface area (Å²) in [7, 11) is 1.72. The summed E-state index contributed by atoms with van der Waals surface area (Å²) in [4.78, 5) is 12.2. The smallest absolute Gasteiger partial charge is 0.237 e. The average molecular weight is 260 g/mol. The monoisotopic (exact) mass is 260 g/mol. The largest absolute Gasteiger partial charge is 0.381 e. The first-order valence-corrected chi connectivity index (χ1v) is 6.89. The SMILES string of the molecule is COC1CC(NC(=O)C2Cc3ccccc3CN2)C1. The van der Waals surface area contributed by atoms with Crippen LogP contribution in [-0.4, -0.2) is 31.2 Å². The highest BCUT2D eigenvalue weighted by Gasteiger charge is 2.32. The summed E-state index contributed by atoms with van der Waals surface area (Å²) in [6.45, 7) is 0.777. The predicted molar refractivity (Wildman–Crippen MR) is 72.7 cm³/mol. The van der Waals surface area contributed by atoms with Gasteiger partial charge in [0, 0.05) is 19.7 Å². The highest BCUT2D eigenvalue weighted by molar-refractivity contribution is 5.82. The zero-order chi connectivity index (χ0) is 13.2. The van der Waals surface area contributed by atoms with Gasteiger partial charge in [-0.05, 0) is 30.4 Å². The molecule has 1 amide bonds. The molecule has 1 atom stereocenters. The Bertz CT molecular complexity index is 469. The van der Waals surface area contributed by atoms with E-state index in [1.54, 1.807) is 7.11 Å². The lowest BCUT2D eigenvalue weighted by Crippen LogP contribution is -2.54. The number of carbonyl (C=O) groups excluding carboxylic acids is 1. The average Bonchev–Trinajstić information content (AvgIpc) is 2.41. The van der Waals surface area contributed by atoms with Crippen molar-refractivity contribution in [3.63, 3.8) is 0 Å². The van der Waals surface area contributed by atoms with Gasteiger partial charge in [0.05, 0.1) is 12.1 Å². The molecule has 1 fully saturated rings. The first kappa shape index (κ1) is 12.6. The van der Waals surface area contributed by atoms with Crippen LogP contribution in [0.2, 0.25) is 0 Å². The highest BCUT2D eigenvalue weighted by Crippen LogP contribution is 2.23. The van der Waals surface area contributed by atoms with Crippen LogP contribution >= 0.6 is 0 Å². The molecule has 1 aromatic carbocycles. The van der Waals surface area contributed by atoms with E-state index in [1.807, 2.05) is 12.1 Å². The molecule has 0 aromatic heterocycles. The Morgan fingerprint density at radius 1 is 1.32 bits per heavy atom. The lowest BCUT2D eigenvalue weighted by atomic mass is 9.88. The maximum Gasteiger partial charge on any atom is 0.237 e. The van der Waals surface area contributed by atoms with Crippen LogP contribution in [-0.2, 0) is 22.5 Å². The van der Waals surface area contributed by atoms with Gasteiger partial charge in [-0.1, -0.05) is 24.3 Å². The van der Waals surface area contributed by atoms with Crippen LogP contribution in [0, 0.1) is 0 Å². The first-order valence-electron chi connectivity index (χ1n) is 6.89. The molecule has 4 heteroatoms. The van der Waals surface area contributed by atoms with Gasteiger partial charge >= 0.3 is 0 Å². The van der Waals surface area contributed by atoms with Crippen LogP contribution < -0.4 is 10.6 Å². The summed E-state index contributed by atoms with van der Waals surface area (Å²) in [5, 5.41) is 6.41. The second-order valence-electron chi connectivity index (χ2n) is 5.44. The van der Waals surface area contributed by atoms with Gasteiger partial charge in [-0.15, -0.1) is 0 Å². The number of methoxy groups -OCH3 is 1. The molecule has 1 aromatic rings. The van der Waals surface area contributed by atoms with Crippen molar-refractivity contribution in [1.82, 2.24) is 10.6 Å². The fourth-order valence-electron chi connectivity index (χ4n) is 2.82. The molecule has 1 heterocycles. The van der Waals surface area contributed by atoms with Crippen molar-refractivity contribution in [3.8, 4) is 0 Å². The third-order valence-electron chi connectivity index (χ3n) is 4.17. The van der Waals surface area contributed by atoms with Crippen molar-refractivity contribution in [2.45, 2.75) is 44.0 Å². The number of hydrogen-bond acceptors (Lipinski definition) is 3. The van der Waals surface area contributed by atoms with Crippen molar-refractivity contribution in [1.29, 1.82) is 0 Å². The molecule has 1 unspecified atom stereocenters. The fraction of sp³-hybridized carbons (Fsp3) is 0.533. The zero-order valence-corrected chi connectivity index (χ0v) is 11.2. The third kappa shape index (κ3) is 2.65. The summed E-state index contributed by atoms with van der Waals surface area (Å²) in [6.07, 6.45) is 2.98. The summed E-state index contributed by atoms with van der Waals surface area (Å²) in [6, 6.07) is 8.49. The second kappa shape index (κ2) is 5.31. The molecule has 2 aliphatic rings. The van der Waals surface area contributed by atoms with Gasteiger partial charge in [-0.2, -0.15) is 0 Å². The Morgan fingerprint density at radius 2 is 2.05 bits per heavy atom. The second-order valence-corrected chi connectivity index (χ2v) is 5.44. The molecule has 0 bridgehead atoms. The molecule has 102 valence electrons. The molecule has 0 spiro atoms. The number of fused-ring (bicyclic) bond motifs is 1. The van der Waals surface area contributed by atoms with Crippen LogP contribution in [0.5, 0.6) is 0 Å². The number of ether oxygens (including phenoxy) is 1. The lowest BCUT2D eigenvalue weighted by molar-refractivity contribution is -0.125. The maximum atomic E-state index is 12.2. The minimum atomic E-state index is -0.100. The maximum absolute atomic E-state index is 12.2. The summed E-state index contributed by atoms with van der Waals surface area (Å²) in [5.41, 5.74) is 2.58. The minimum absolute atomic E-state index is 0.100. The number of amides is 1. The van der Waals surface area contributed by atoms with Crippen LogP contribution in [0.4, 0.5) is 0 Å². The summed E-state index contributed by atoms with van der Waals surface area (Å²) >= 11 is 0. The standard InChI is InChI=1S/C15H20N2O2/c1-19-13-7-12(8-13)17-15(18)14-6-10-4-2-3-5-11(10)9-16-14/h2-5,12-14,16H,6-9H2,1H3,(H,17,18). The molecule has 1 aliphatic carbocycles. The Balaban J connectivity index is 1.55. The summed E-state index contributed by atoms with van der Waals surface area (Å²) < 4.78 is 5.22. The van der Waals surface area contributed by atoms with Crippen LogP contribution in [0.3, 0.4) is 0 Å². The van der Waals surface area contributed by atoms with E-state index in [9.17, 15) is 4.79 Å². The van der Waals surface area contributed by atoms with Gasteiger partial charge in [0.2, 0.25) is 5.91 Å². The van der Waals surface area contributed by atoms with Crippen molar-refractivity contribution < 1.29 is 9.53 Å². The van der Waals surface area contributed by atoms with Crippen LogP contribution in [0.1, 0.15) is 24.0 Å². The van der Waals surface area contributed by atoms with Gasteiger partial charge in [-0.3, -0.25) is 4.79 Å². The summed E-state index contributed by atoms with van der Waals surface area (Å²) in [5.74, 6) is 0.119. The Hall–Kier alpha value is -1.39. The van der Waals surface area contributed by atoms with E-state index in [4.69, 9.17) is 4.74 Å². The van der Waals surface area contributed by atoms with E-state index in [1.165, 1.54) is 11.1 Å². The van der Waals surface area contributed by atoms with Gasteiger partial charge in [0.15, 0.2) is 0 Å². The van der Waals surface area contributed by atoms with E-state index >= 15 is 0 Å². The molecule has 19 heavy (non-hydrogen) atoms. The van der Waals surface area contributed by atoms with Crippen LogP contribution in [0.25, 0.3) is 0 Å². The number of nitrogens with one attached hydrogen (secondary N) is 2. The predicted octanol–water partition coefficient (Wildman–Crippen LogP) is 0.994. The number of rotatable bonds is 3. The minimum Gasteiger partial charge on any atom is -0.381 e. The number of carbonyl (C=O) groups is 1. The Morgan fingerprint density at radius 3 is 2.79 bits per heavy atom. The quantitative estimate of drug-likeness (QED) is 0.852. The van der Waals surface area contributed by atoms with Gasteiger partial charge in [0.25, 0.3) is 0 Å². The molecule has 1 saturated carbocycles. The van der Waals surface area contributed by atoms with E-state index in [0.29, 0.717) is 6.10 Å². The number of benzene rings is 1. The normalized spacial score (nSPS) is 29.2. The Kier molecular flexibility index (Phi) is 3.53. The van der Waals surface area contributed by atoms with Crippen LogP contribution in [0.15, 0.2) is 24.3 Å². The van der Waals surface area contributed by atoms with E-state index in [-0.39, 0.29) is 18.0 Å². The topological polar surface area (TPSA) is 50.4 Å². The van der Waals surface area contributed by atoms with E-state index in [2.05, 4.69) is 22.8 Å². The van der Waals surface area contributed by atoms with Gasteiger partial charge in [-0.25, -0.2) is 0 Å². The Labute approximate surface area is 113 Å². The first-order chi connectivity index (χ1) is 9.26. The molecular formula is C15H20N2O2. The zero-order valence-electron chi connectivity index (χ0n) is 11.2. The van der Waals surface area contributed by atoms with Crippen molar-refractivity contribution in [3.05, 3.63) is 35.4 Å². The molecular weight excluding hydrogens is 240 g/mol. The van der Waals surface area contributed by atoms with Crippen molar-refractivity contribution in [2.75, 3.05) is 7.11 Å². The van der Waals surface area contributed by atoms with Crippen molar-refractivity contribution >= 4 is 5.91 Å². The van der Waals surface area contributed by atoms with Gasteiger partial charge in [0.1, 0.15) is 0 Å². The number of hydrogen-bond donors (Lipinski definition) is 2. The third-order valence-corrected chi connectivity index (χ3v) is 4.17. The van der Waals surface area contributed by atoms with E-state index in [0.717, 1.165) is 25.8 Å². The highest BCUT2D eigenvalue weighted by atomic mass is 16.5. The molecule has 2 N–H and O–H groups in total. The molecule has 3 rings (SSSR count). The van der Waals surface area contributed by atoms with E-state index < -0.39 is 0 Å². The molecule has 1 aliphatic heterocycles. The van der Waals surface area contributed by atoms with Crippen molar-refractivity contribution in [2.24, 2.45) is 0 Å². The molecule has 0 saturated heterocycles. The molecule has 4 nitrogen and oxygen atoms in total. The lowest BCUT2D eigenvalue weighted by Gasteiger charge is -2.36. The molecule has 0 radical (unpaired) electrons.